The van der Waals surface area contributed by atoms with Crippen LogP contribution in [0.1, 0.15) is 30.6 Å². The summed E-state index contributed by atoms with van der Waals surface area (Å²) < 4.78 is 0. The average molecular weight is 316 g/mol. The first-order valence-electron chi connectivity index (χ1n) is 6.25. The molecule has 1 radical (unpaired) electrons. The third kappa shape index (κ3) is 5.39. The van der Waals surface area contributed by atoms with E-state index in [0.717, 1.165) is 6.42 Å². The highest BCUT2D eigenvalue weighted by molar-refractivity contribution is 6.43. The number of hydrogen-bond donors (Lipinski definition) is 2. The van der Waals surface area contributed by atoms with E-state index in [4.69, 9.17) is 23.2 Å². The molecule has 0 heterocycles. The van der Waals surface area contributed by atoms with Gasteiger partial charge in [0.1, 0.15) is 0 Å². The molecule has 1 aromatic carbocycles. The molecule has 0 fully saturated rings. The molecule has 1 rings (SSSR count). The molecule has 6 heteroatoms. The van der Waals surface area contributed by atoms with E-state index in [1.165, 1.54) is 0 Å². The zero-order valence-electron chi connectivity index (χ0n) is 11.4. The largest absolute Gasteiger partial charge is 0.350 e. The highest BCUT2D eigenvalue weighted by Crippen LogP contribution is 2.25. The molecular weight excluding hydrogens is 299 g/mol. The molecule has 0 aliphatic rings. The monoisotopic (exact) mass is 315 g/mol. The maximum Gasteiger partial charge on any atom is 0.253 e. The fourth-order valence-electron chi connectivity index (χ4n) is 1.39. The Balaban J connectivity index is 2.43. The van der Waals surface area contributed by atoms with Gasteiger partial charge in [-0.3, -0.25) is 9.59 Å². The topological polar surface area (TPSA) is 58.2 Å². The number of benzene rings is 1. The summed E-state index contributed by atoms with van der Waals surface area (Å²) in [5.74, 6) is -0.246. The minimum Gasteiger partial charge on any atom is -0.350 e. The first kappa shape index (κ1) is 16.8. The first-order chi connectivity index (χ1) is 9.41. The number of halogens is 2. The van der Waals surface area contributed by atoms with Gasteiger partial charge in [-0.1, -0.05) is 43.1 Å². The molecule has 4 nitrogen and oxygen atoms in total. The molecule has 0 spiro atoms. The molecule has 1 aromatic rings. The van der Waals surface area contributed by atoms with Crippen LogP contribution in [0.25, 0.3) is 0 Å². The van der Waals surface area contributed by atoms with E-state index < -0.39 is 5.91 Å². The zero-order valence-corrected chi connectivity index (χ0v) is 12.9. The van der Waals surface area contributed by atoms with Crippen molar-refractivity contribution in [1.82, 2.24) is 10.6 Å². The standard InChI is InChI=1S/C14H17Cl2N2O2/c1-9(2)6-7-17-12(19)8-18-14(20)10-4-3-5-11(15)13(10)16/h3-5,7,9H,6,8H2,1-2H3,(H,17,19)(H,18,20). The van der Waals surface area contributed by atoms with Crippen molar-refractivity contribution < 1.29 is 9.59 Å². The number of carbonyl (C=O) groups excluding carboxylic acids is 2. The summed E-state index contributed by atoms with van der Waals surface area (Å²) in [5.41, 5.74) is 0.248. The minimum absolute atomic E-state index is 0.115. The normalized spacial score (nSPS) is 10.4. The van der Waals surface area contributed by atoms with Gasteiger partial charge in [-0.05, 0) is 24.5 Å². The van der Waals surface area contributed by atoms with Crippen molar-refractivity contribution in [3.8, 4) is 0 Å². The fraction of sp³-hybridized carbons (Fsp3) is 0.357. The number of hydrogen-bond acceptors (Lipinski definition) is 2. The Morgan fingerprint density at radius 1 is 1.30 bits per heavy atom. The summed E-state index contributed by atoms with van der Waals surface area (Å²) in [6.07, 6.45) is 0.778. The molecule has 0 aliphatic carbocycles. The second-order valence-corrected chi connectivity index (χ2v) is 5.47. The van der Waals surface area contributed by atoms with E-state index in [2.05, 4.69) is 10.6 Å². The van der Waals surface area contributed by atoms with E-state index in [1.54, 1.807) is 24.7 Å². The van der Waals surface area contributed by atoms with Crippen LogP contribution in [0, 0.1) is 12.5 Å². The summed E-state index contributed by atoms with van der Waals surface area (Å²) in [4.78, 5) is 23.4. The van der Waals surface area contributed by atoms with E-state index >= 15 is 0 Å². The lowest BCUT2D eigenvalue weighted by Crippen LogP contribution is -2.36. The fourth-order valence-corrected chi connectivity index (χ4v) is 1.78. The highest BCUT2D eigenvalue weighted by Gasteiger charge is 2.13. The summed E-state index contributed by atoms with van der Waals surface area (Å²) in [5, 5.41) is 5.58. The lowest BCUT2D eigenvalue weighted by atomic mass is 10.1. The average Bonchev–Trinajstić information content (AvgIpc) is 2.38. The van der Waals surface area contributed by atoms with Crippen molar-refractivity contribution in [2.45, 2.75) is 20.3 Å². The SMILES string of the molecule is CC(C)C[CH]NC(=O)CNC(=O)c1cccc(Cl)c1Cl. The Hall–Kier alpha value is -1.26. The van der Waals surface area contributed by atoms with Gasteiger partial charge in [0.05, 0.1) is 22.2 Å². The minimum atomic E-state index is -0.434. The van der Waals surface area contributed by atoms with Crippen molar-refractivity contribution in [1.29, 1.82) is 0 Å². The first-order valence-corrected chi connectivity index (χ1v) is 7.00. The van der Waals surface area contributed by atoms with Crippen molar-refractivity contribution in [2.24, 2.45) is 5.92 Å². The smallest absolute Gasteiger partial charge is 0.253 e. The maximum atomic E-state index is 11.9. The van der Waals surface area contributed by atoms with Gasteiger partial charge in [-0.15, -0.1) is 0 Å². The molecule has 0 saturated carbocycles. The molecule has 2 amide bonds. The molecule has 109 valence electrons. The third-order valence-electron chi connectivity index (χ3n) is 2.46. The molecule has 2 N–H and O–H groups in total. The van der Waals surface area contributed by atoms with Crippen LogP contribution in [0.15, 0.2) is 18.2 Å². The Bertz CT molecular complexity index is 490. The number of amides is 2. The summed E-state index contributed by atoms with van der Waals surface area (Å²) in [6, 6.07) is 4.76. The molecular formula is C14H17Cl2N2O2. The van der Waals surface area contributed by atoms with E-state index in [9.17, 15) is 9.59 Å². The van der Waals surface area contributed by atoms with Gasteiger partial charge in [0, 0.05) is 6.54 Å². The van der Waals surface area contributed by atoms with Crippen LogP contribution < -0.4 is 10.6 Å². The Labute approximate surface area is 128 Å². The Kier molecular flexibility index (Phi) is 6.82. The lowest BCUT2D eigenvalue weighted by molar-refractivity contribution is -0.119. The lowest BCUT2D eigenvalue weighted by Gasteiger charge is -2.09. The second-order valence-electron chi connectivity index (χ2n) is 4.69. The van der Waals surface area contributed by atoms with Crippen LogP contribution >= 0.6 is 23.2 Å². The number of carbonyl (C=O) groups is 2. The van der Waals surface area contributed by atoms with Gasteiger partial charge < -0.3 is 10.6 Å². The molecule has 20 heavy (non-hydrogen) atoms. The van der Waals surface area contributed by atoms with E-state index in [1.807, 2.05) is 13.8 Å². The predicted molar refractivity (Wildman–Crippen MR) is 80.7 cm³/mol. The van der Waals surface area contributed by atoms with Crippen LogP contribution in [0.4, 0.5) is 0 Å². The van der Waals surface area contributed by atoms with Gasteiger partial charge in [-0.25, -0.2) is 0 Å². The van der Waals surface area contributed by atoms with Crippen molar-refractivity contribution >= 4 is 35.0 Å². The molecule has 0 unspecified atom stereocenters. The predicted octanol–water partition coefficient (Wildman–Crippen LogP) is 3.05. The maximum absolute atomic E-state index is 11.9. The second kappa shape index (κ2) is 8.12. The van der Waals surface area contributed by atoms with Crippen molar-refractivity contribution in [3.05, 3.63) is 40.4 Å². The number of rotatable bonds is 6. The van der Waals surface area contributed by atoms with Gasteiger partial charge in [0.2, 0.25) is 5.91 Å². The summed E-state index contributed by atoms with van der Waals surface area (Å²) in [6.45, 7) is 5.67. The van der Waals surface area contributed by atoms with Crippen LogP contribution in [0.3, 0.4) is 0 Å². The highest BCUT2D eigenvalue weighted by atomic mass is 35.5. The van der Waals surface area contributed by atoms with Crippen LogP contribution in [-0.2, 0) is 4.79 Å². The van der Waals surface area contributed by atoms with Gasteiger partial charge in [0.25, 0.3) is 5.91 Å². The van der Waals surface area contributed by atoms with Crippen molar-refractivity contribution in [2.75, 3.05) is 6.54 Å². The molecule has 0 bridgehead atoms. The quantitative estimate of drug-likeness (QED) is 0.847. The zero-order chi connectivity index (χ0) is 15.1. The van der Waals surface area contributed by atoms with Gasteiger partial charge >= 0.3 is 0 Å². The van der Waals surface area contributed by atoms with Gasteiger partial charge in [0.15, 0.2) is 0 Å². The Morgan fingerprint density at radius 3 is 2.65 bits per heavy atom. The molecule has 0 aromatic heterocycles. The van der Waals surface area contributed by atoms with Crippen molar-refractivity contribution in [3.63, 3.8) is 0 Å². The van der Waals surface area contributed by atoms with Crippen LogP contribution in [-0.4, -0.2) is 18.4 Å². The summed E-state index contributed by atoms with van der Waals surface area (Å²) >= 11 is 11.7. The summed E-state index contributed by atoms with van der Waals surface area (Å²) in [7, 11) is 0. The molecule has 0 saturated heterocycles. The van der Waals surface area contributed by atoms with Crippen LogP contribution in [0.5, 0.6) is 0 Å². The van der Waals surface area contributed by atoms with Gasteiger partial charge in [-0.2, -0.15) is 0 Å². The Morgan fingerprint density at radius 2 is 2.00 bits per heavy atom. The molecule has 0 atom stereocenters. The van der Waals surface area contributed by atoms with E-state index in [0.29, 0.717) is 10.9 Å². The van der Waals surface area contributed by atoms with Crippen LogP contribution in [0.2, 0.25) is 10.0 Å². The number of nitrogens with one attached hydrogen (secondary N) is 2. The van der Waals surface area contributed by atoms with E-state index in [-0.39, 0.29) is 23.0 Å². The third-order valence-corrected chi connectivity index (χ3v) is 3.28. The molecule has 0 aliphatic heterocycles.